The molecule has 3 heteroatoms. The number of hydrogen-bond donors (Lipinski definition) is 0. The van der Waals surface area contributed by atoms with Gasteiger partial charge in [-0.3, -0.25) is 4.79 Å². The Bertz CT molecular complexity index is 1100. The maximum Gasteiger partial charge on any atom is 0.310 e. The number of furan rings is 1. The Labute approximate surface area is 152 Å². The SMILES string of the molecule is Cc1cc2occ(CC(=O)OCc3cccc4ccccc34)c2cc1C. The van der Waals surface area contributed by atoms with E-state index >= 15 is 0 Å². The van der Waals surface area contributed by atoms with Crippen molar-refractivity contribution in [2.75, 3.05) is 0 Å². The van der Waals surface area contributed by atoms with Crippen LogP contribution < -0.4 is 0 Å². The number of esters is 1. The molecule has 1 aromatic heterocycles. The molecule has 0 aliphatic heterocycles. The predicted molar refractivity (Wildman–Crippen MR) is 103 cm³/mol. The standard InChI is InChI=1S/C23H20O3/c1-15-10-21-19(14-25-22(21)11-16(15)2)12-23(24)26-13-18-8-5-7-17-6-3-4-9-20(17)18/h3-11,14H,12-13H2,1-2H3. The monoisotopic (exact) mass is 344 g/mol. The number of fused-ring (bicyclic) bond motifs is 2. The summed E-state index contributed by atoms with van der Waals surface area (Å²) in [5.41, 5.74) is 5.05. The van der Waals surface area contributed by atoms with Crippen LogP contribution in [0.5, 0.6) is 0 Å². The summed E-state index contributed by atoms with van der Waals surface area (Å²) in [6.45, 7) is 4.38. The maximum absolute atomic E-state index is 12.4. The lowest BCUT2D eigenvalue weighted by molar-refractivity contribution is -0.144. The van der Waals surface area contributed by atoms with E-state index in [4.69, 9.17) is 9.15 Å². The van der Waals surface area contributed by atoms with Crippen molar-refractivity contribution in [1.29, 1.82) is 0 Å². The molecule has 4 aromatic rings. The van der Waals surface area contributed by atoms with Gasteiger partial charge >= 0.3 is 5.97 Å². The summed E-state index contributed by atoms with van der Waals surface area (Å²) in [4.78, 5) is 12.4. The lowest BCUT2D eigenvalue weighted by Crippen LogP contribution is -2.08. The van der Waals surface area contributed by atoms with E-state index in [1.54, 1.807) is 6.26 Å². The van der Waals surface area contributed by atoms with Gasteiger partial charge < -0.3 is 9.15 Å². The molecule has 26 heavy (non-hydrogen) atoms. The Balaban J connectivity index is 1.50. The van der Waals surface area contributed by atoms with E-state index < -0.39 is 0 Å². The van der Waals surface area contributed by atoms with Crippen LogP contribution in [0.4, 0.5) is 0 Å². The van der Waals surface area contributed by atoms with Crippen molar-refractivity contribution in [3.63, 3.8) is 0 Å². The predicted octanol–water partition coefficient (Wildman–Crippen LogP) is 5.49. The molecule has 0 saturated heterocycles. The summed E-state index contributed by atoms with van der Waals surface area (Å²) in [6, 6.07) is 18.2. The van der Waals surface area contributed by atoms with E-state index in [1.807, 2.05) is 36.4 Å². The highest BCUT2D eigenvalue weighted by Gasteiger charge is 2.13. The summed E-state index contributed by atoms with van der Waals surface area (Å²) in [7, 11) is 0. The second-order valence-corrected chi connectivity index (χ2v) is 6.67. The molecular formula is C23H20O3. The van der Waals surface area contributed by atoms with Crippen molar-refractivity contribution < 1.29 is 13.9 Å². The topological polar surface area (TPSA) is 39.4 Å². The smallest absolute Gasteiger partial charge is 0.310 e. The molecule has 0 saturated carbocycles. The molecule has 0 fully saturated rings. The van der Waals surface area contributed by atoms with E-state index in [0.29, 0.717) is 0 Å². The molecule has 0 atom stereocenters. The van der Waals surface area contributed by atoms with Gasteiger partial charge in [0.1, 0.15) is 12.2 Å². The summed E-state index contributed by atoms with van der Waals surface area (Å²) < 4.78 is 11.1. The number of carbonyl (C=O) groups excluding carboxylic acids is 1. The summed E-state index contributed by atoms with van der Waals surface area (Å²) >= 11 is 0. The third-order valence-electron chi connectivity index (χ3n) is 4.87. The molecule has 0 aliphatic rings. The van der Waals surface area contributed by atoms with Crippen LogP contribution in [0.2, 0.25) is 0 Å². The fourth-order valence-electron chi connectivity index (χ4n) is 3.26. The molecule has 0 radical (unpaired) electrons. The highest BCUT2D eigenvalue weighted by molar-refractivity contribution is 5.87. The van der Waals surface area contributed by atoms with E-state index in [0.717, 1.165) is 32.9 Å². The Kier molecular flexibility index (Phi) is 4.21. The van der Waals surface area contributed by atoms with E-state index in [1.165, 1.54) is 11.1 Å². The third kappa shape index (κ3) is 3.08. The molecule has 3 nitrogen and oxygen atoms in total. The van der Waals surface area contributed by atoms with Crippen LogP contribution in [-0.2, 0) is 22.6 Å². The average molecular weight is 344 g/mol. The number of aryl methyl sites for hydroxylation is 2. The number of hydrogen-bond acceptors (Lipinski definition) is 3. The Morgan fingerprint density at radius 1 is 0.923 bits per heavy atom. The first-order chi connectivity index (χ1) is 12.6. The van der Waals surface area contributed by atoms with Crippen molar-refractivity contribution >= 4 is 27.7 Å². The van der Waals surface area contributed by atoms with Gasteiger partial charge in [-0.15, -0.1) is 0 Å². The maximum atomic E-state index is 12.4. The molecule has 0 aliphatic carbocycles. The fraction of sp³-hybridized carbons (Fsp3) is 0.174. The molecule has 1 heterocycles. The normalized spacial score (nSPS) is 11.2. The lowest BCUT2D eigenvalue weighted by atomic mass is 10.0. The molecule has 3 aromatic carbocycles. The van der Waals surface area contributed by atoms with Crippen molar-refractivity contribution in [3.8, 4) is 0 Å². The summed E-state index contributed by atoms with van der Waals surface area (Å²) in [5.74, 6) is -0.251. The van der Waals surface area contributed by atoms with Gasteiger partial charge in [0.15, 0.2) is 0 Å². The van der Waals surface area contributed by atoms with Gasteiger partial charge in [-0.1, -0.05) is 42.5 Å². The van der Waals surface area contributed by atoms with Gasteiger partial charge in [0.2, 0.25) is 0 Å². The van der Waals surface area contributed by atoms with Crippen LogP contribution in [0, 0.1) is 13.8 Å². The number of rotatable bonds is 4. The van der Waals surface area contributed by atoms with Crippen molar-refractivity contribution in [1.82, 2.24) is 0 Å². The first-order valence-corrected chi connectivity index (χ1v) is 8.71. The number of benzene rings is 3. The molecule has 130 valence electrons. The second kappa shape index (κ2) is 6.68. The van der Waals surface area contributed by atoms with Crippen molar-refractivity contribution in [3.05, 3.63) is 83.1 Å². The largest absolute Gasteiger partial charge is 0.464 e. The Morgan fingerprint density at radius 3 is 2.58 bits per heavy atom. The minimum Gasteiger partial charge on any atom is -0.464 e. The van der Waals surface area contributed by atoms with E-state index in [9.17, 15) is 4.79 Å². The molecule has 0 N–H and O–H groups in total. The van der Waals surface area contributed by atoms with Crippen LogP contribution in [0.25, 0.3) is 21.7 Å². The minimum atomic E-state index is -0.251. The van der Waals surface area contributed by atoms with Gasteiger partial charge in [-0.05, 0) is 53.4 Å². The zero-order valence-corrected chi connectivity index (χ0v) is 14.9. The molecule has 4 rings (SSSR count). The zero-order valence-electron chi connectivity index (χ0n) is 14.9. The van der Waals surface area contributed by atoms with Crippen molar-refractivity contribution in [2.24, 2.45) is 0 Å². The zero-order chi connectivity index (χ0) is 18.1. The molecular weight excluding hydrogens is 324 g/mol. The summed E-state index contributed by atoms with van der Waals surface area (Å²) in [6.07, 6.45) is 1.86. The van der Waals surface area contributed by atoms with Crippen molar-refractivity contribution in [2.45, 2.75) is 26.9 Å². The molecule has 0 amide bonds. The molecule has 0 bridgehead atoms. The fourth-order valence-corrected chi connectivity index (χ4v) is 3.26. The lowest BCUT2D eigenvalue weighted by Gasteiger charge is -2.08. The van der Waals surface area contributed by atoms with Gasteiger partial charge in [-0.2, -0.15) is 0 Å². The first-order valence-electron chi connectivity index (χ1n) is 8.71. The Morgan fingerprint density at radius 2 is 1.69 bits per heavy atom. The Hall–Kier alpha value is -3.07. The molecule has 0 spiro atoms. The van der Waals surface area contributed by atoms with Crippen LogP contribution >= 0.6 is 0 Å². The average Bonchev–Trinajstić information content (AvgIpc) is 3.02. The third-order valence-corrected chi connectivity index (χ3v) is 4.87. The molecule has 0 unspecified atom stereocenters. The van der Waals surface area contributed by atoms with Crippen LogP contribution in [0.1, 0.15) is 22.3 Å². The van der Waals surface area contributed by atoms with Gasteiger partial charge in [-0.25, -0.2) is 0 Å². The first kappa shape index (κ1) is 16.4. The highest BCUT2D eigenvalue weighted by atomic mass is 16.5. The van der Waals surface area contributed by atoms with Crippen LogP contribution in [0.3, 0.4) is 0 Å². The highest BCUT2D eigenvalue weighted by Crippen LogP contribution is 2.25. The summed E-state index contributed by atoms with van der Waals surface area (Å²) in [5, 5.41) is 3.24. The number of carbonyl (C=O) groups is 1. The van der Waals surface area contributed by atoms with Crippen LogP contribution in [0.15, 0.2) is 65.3 Å². The van der Waals surface area contributed by atoms with E-state index in [2.05, 4.69) is 32.0 Å². The number of ether oxygens (including phenoxy) is 1. The van der Waals surface area contributed by atoms with Gasteiger partial charge in [0.25, 0.3) is 0 Å². The second-order valence-electron chi connectivity index (χ2n) is 6.67. The van der Waals surface area contributed by atoms with E-state index in [-0.39, 0.29) is 19.0 Å². The quantitative estimate of drug-likeness (QED) is 0.460. The van der Waals surface area contributed by atoms with Crippen LogP contribution in [-0.4, -0.2) is 5.97 Å². The minimum absolute atomic E-state index is 0.209. The van der Waals surface area contributed by atoms with Gasteiger partial charge in [0, 0.05) is 10.9 Å². The van der Waals surface area contributed by atoms with Gasteiger partial charge in [0.05, 0.1) is 12.7 Å².